The summed E-state index contributed by atoms with van der Waals surface area (Å²) in [5.74, 6) is 0. The Morgan fingerprint density at radius 2 is 1.80 bits per heavy atom. The summed E-state index contributed by atoms with van der Waals surface area (Å²) in [6.07, 6.45) is 3.66. The van der Waals surface area contributed by atoms with Gasteiger partial charge in [-0.25, -0.2) is 0 Å². The van der Waals surface area contributed by atoms with E-state index in [4.69, 9.17) is 9.47 Å². The van der Waals surface area contributed by atoms with Gasteiger partial charge in [-0.1, -0.05) is 0 Å². The fraction of sp³-hybridized carbons (Fsp3) is 0.625. The average molecular weight is 278 g/mol. The molecule has 1 fully saturated rings. The molecule has 0 radical (unpaired) electrons. The maximum atomic E-state index is 5.43. The third kappa shape index (κ3) is 5.02. The maximum Gasteiger partial charge on any atom is 0.0700 e. The summed E-state index contributed by atoms with van der Waals surface area (Å²) in [6, 6.07) is 8.75. The van der Waals surface area contributed by atoms with E-state index in [0.717, 1.165) is 19.6 Å². The van der Waals surface area contributed by atoms with Crippen LogP contribution in [0.15, 0.2) is 24.3 Å². The molecule has 112 valence electrons. The fourth-order valence-electron chi connectivity index (χ4n) is 2.42. The van der Waals surface area contributed by atoms with Crippen molar-refractivity contribution in [2.24, 2.45) is 0 Å². The van der Waals surface area contributed by atoms with Crippen LogP contribution in [0.5, 0.6) is 0 Å². The third-order valence-corrected chi connectivity index (χ3v) is 3.56. The summed E-state index contributed by atoms with van der Waals surface area (Å²) in [6.45, 7) is 5.47. The molecule has 1 N–H and O–H groups in total. The molecule has 0 aromatic heterocycles. The van der Waals surface area contributed by atoms with Crippen LogP contribution in [0.1, 0.15) is 19.3 Å². The van der Waals surface area contributed by atoms with Crippen molar-refractivity contribution < 1.29 is 9.47 Å². The van der Waals surface area contributed by atoms with E-state index in [2.05, 4.69) is 34.5 Å². The first-order valence-corrected chi connectivity index (χ1v) is 7.56. The molecule has 0 aliphatic carbocycles. The van der Waals surface area contributed by atoms with Gasteiger partial charge in [0, 0.05) is 44.7 Å². The first-order chi connectivity index (χ1) is 9.90. The number of nitrogens with zero attached hydrogens (tertiary/aromatic N) is 1. The van der Waals surface area contributed by atoms with Crippen LogP contribution >= 0.6 is 0 Å². The minimum atomic E-state index is 0.672. The highest BCUT2D eigenvalue weighted by Crippen LogP contribution is 2.21. The molecule has 0 unspecified atom stereocenters. The van der Waals surface area contributed by atoms with Crippen molar-refractivity contribution in [3.05, 3.63) is 24.3 Å². The van der Waals surface area contributed by atoms with Gasteiger partial charge in [0.2, 0.25) is 0 Å². The Hall–Kier alpha value is -1.26. The van der Waals surface area contributed by atoms with Crippen molar-refractivity contribution >= 4 is 11.4 Å². The number of benzene rings is 1. The number of hydrogen-bond donors (Lipinski definition) is 1. The van der Waals surface area contributed by atoms with Gasteiger partial charge in [-0.3, -0.25) is 0 Å². The predicted molar refractivity (Wildman–Crippen MR) is 83.7 cm³/mol. The zero-order valence-electron chi connectivity index (χ0n) is 12.4. The number of anilines is 2. The molecule has 1 heterocycles. The molecular formula is C16H26N2O2. The Morgan fingerprint density at radius 3 is 2.50 bits per heavy atom. The number of ether oxygens (including phenoxy) is 2. The number of rotatable bonds is 9. The van der Waals surface area contributed by atoms with Crippen LogP contribution in [0.3, 0.4) is 0 Å². The Bertz CT molecular complexity index is 361. The summed E-state index contributed by atoms with van der Waals surface area (Å²) in [5.41, 5.74) is 2.53. The van der Waals surface area contributed by atoms with Crippen LogP contribution in [-0.2, 0) is 9.47 Å². The Morgan fingerprint density at radius 1 is 1.05 bits per heavy atom. The lowest BCUT2D eigenvalue weighted by atomic mass is 10.2. The highest BCUT2D eigenvalue weighted by molar-refractivity contribution is 5.55. The van der Waals surface area contributed by atoms with E-state index < -0.39 is 0 Å². The minimum absolute atomic E-state index is 0.672. The van der Waals surface area contributed by atoms with Crippen molar-refractivity contribution in [1.82, 2.24) is 0 Å². The predicted octanol–water partition coefficient (Wildman–Crippen LogP) is 2.75. The molecular weight excluding hydrogens is 252 g/mol. The molecule has 0 saturated carbocycles. The van der Waals surface area contributed by atoms with E-state index in [1.807, 2.05) is 0 Å². The molecule has 0 amide bonds. The monoisotopic (exact) mass is 278 g/mol. The molecule has 4 heteroatoms. The second kappa shape index (κ2) is 8.82. The topological polar surface area (TPSA) is 33.7 Å². The molecule has 0 atom stereocenters. The average Bonchev–Trinajstić information content (AvgIpc) is 3.01. The van der Waals surface area contributed by atoms with E-state index in [0.29, 0.717) is 13.2 Å². The van der Waals surface area contributed by atoms with E-state index >= 15 is 0 Å². The highest BCUT2D eigenvalue weighted by atomic mass is 16.5. The van der Waals surface area contributed by atoms with Gasteiger partial charge >= 0.3 is 0 Å². The Labute approximate surface area is 122 Å². The molecule has 1 aliphatic heterocycles. The quantitative estimate of drug-likeness (QED) is 0.704. The fourth-order valence-corrected chi connectivity index (χ4v) is 2.42. The lowest BCUT2D eigenvalue weighted by Gasteiger charge is -2.18. The molecule has 1 aromatic carbocycles. The third-order valence-electron chi connectivity index (χ3n) is 3.56. The first-order valence-electron chi connectivity index (χ1n) is 7.56. The maximum absolute atomic E-state index is 5.43. The van der Waals surface area contributed by atoms with Gasteiger partial charge in [-0.05, 0) is 43.5 Å². The van der Waals surface area contributed by atoms with E-state index in [-0.39, 0.29) is 0 Å². The van der Waals surface area contributed by atoms with Crippen molar-refractivity contribution in [1.29, 1.82) is 0 Å². The van der Waals surface area contributed by atoms with Gasteiger partial charge in [0.25, 0.3) is 0 Å². The van der Waals surface area contributed by atoms with Gasteiger partial charge in [-0.2, -0.15) is 0 Å². The molecule has 4 nitrogen and oxygen atoms in total. The number of nitrogens with one attached hydrogen (secondary N) is 1. The van der Waals surface area contributed by atoms with E-state index in [1.54, 1.807) is 7.11 Å². The zero-order valence-corrected chi connectivity index (χ0v) is 12.4. The van der Waals surface area contributed by atoms with Crippen LogP contribution in [0.25, 0.3) is 0 Å². The van der Waals surface area contributed by atoms with Gasteiger partial charge in [0.1, 0.15) is 0 Å². The lowest BCUT2D eigenvalue weighted by molar-refractivity contribution is 0.0705. The SMILES string of the molecule is COCCOCCCNc1ccc(N2CCCC2)cc1. The lowest BCUT2D eigenvalue weighted by Crippen LogP contribution is -2.17. The van der Waals surface area contributed by atoms with Gasteiger partial charge < -0.3 is 19.7 Å². The molecule has 1 aromatic rings. The largest absolute Gasteiger partial charge is 0.385 e. The van der Waals surface area contributed by atoms with Crippen LogP contribution in [-0.4, -0.2) is 46.6 Å². The van der Waals surface area contributed by atoms with Crippen LogP contribution in [0, 0.1) is 0 Å². The van der Waals surface area contributed by atoms with Gasteiger partial charge in [-0.15, -0.1) is 0 Å². The van der Waals surface area contributed by atoms with Crippen LogP contribution < -0.4 is 10.2 Å². The van der Waals surface area contributed by atoms with Crippen molar-refractivity contribution in [2.75, 3.05) is 56.8 Å². The minimum Gasteiger partial charge on any atom is -0.385 e. The molecule has 2 rings (SSSR count). The number of methoxy groups -OCH3 is 1. The smallest absolute Gasteiger partial charge is 0.0700 e. The van der Waals surface area contributed by atoms with E-state index in [1.165, 1.54) is 37.3 Å². The molecule has 0 bridgehead atoms. The van der Waals surface area contributed by atoms with Crippen LogP contribution in [0.4, 0.5) is 11.4 Å². The first kappa shape index (κ1) is 15.1. The normalized spacial score (nSPS) is 14.8. The molecule has 1 saturated heterocycles. The molecule has 0 spiro atoms. The summed E-state index contributed by atoms with van der Waals surface area (Å²) < 4.78 is 10.4. The number of hydrogen-bond acceptors (Lipinski definition) is 4. The standard InChI is InChI=1S/C16H26N2O2/c1-19-13-14-20-12-4-9-17-15-5-7-16(8-6-15)18-10-2-3-11-18/h5-8,17H,2-4,9-14H2,1H3. The molecule has 20 heavy (non-hydrogen) atoms. The molecule has 1 aliphatic rings. The summed E-state index contributed by atoms with van der Waals surface area (Å²) in [4.78, 5) is 2.45. The second-order valence-corrected chi connectivity index (χ2v) is 5.13. The van der Waals surface area contributed by atoms with Crippen molar-refractivity contribution in [2.45, 2.75) is 19.3 Å². The highest BCUT2D eigenvalue weighted by Gasteiger charge is 2.11. The van der Waals surface area contributed by atoms with Crippen molar-refractivity contribution in [3.63, 3.8) is 0 Å². The van der Waals surface area contributed by atoms with Gasteiger partial charge in [0.05, 0.1) is 13.2 Å². The van der Waals surface area contributed by atoms with Crippen molar-refractivity contribution in [3.8, 4) is 0 Å². The zero-order chi connectivity index (χ0) is 14.0. The Balaban J connectivity index is 1.61. The van der Waals surface area contributed by atoms with Crippen LogP contribution in [0.2, 0.25) is 0 Å². The summed E-state index contributed by atoms with van der Waals surface area (Å²) in [5, 5.41) is 3.42. The van der Waals surface area contributed by atoms with Gasteiger partial charge in [0.15, 0.2) is 0 Å². The second-order valence-electron chi connectivity index (χ2n) is 5.13. The van der Waals surface area contributed by atoms with E-state index in [9.17, 15) is 0 Å². The Kier molecular flexibility index (Phi) is 6.68. The summed E-state index contributed by atoms with van der Waals surface area (Å²) in [7, 11) is 1.69. The summed E-state index contributed by atoms with van der Waals surface area (Å²) >= 11 is 0.